The van der Waals surface area contributed by atoms with Crippen LogP contribution in [0.4, 0.5) is 0 Å². The van der Waals surface area contributed by atoms with Gasteiger partial charge < -0.3 is 16.9 Å². The SMILES string of the molecule is CCCCCCCC/C=C\CCCCCCCCCCCC[N+](C)(C)Cc1ccccc1.[Cl-]. The summed E-state index contributed by atoms with van der Waals surface area (Å²) in [6.07, 6.45) is 30.2. The highest BCUT2D eigenvalue weighted by atomic mass is 35.5. The summed E-state index contributed by atoms with van der Waals surface area (Å²) in [4.78, 5) is 0. The van der Waals surface area contributed by atoms with Gasteiger partial charge in [-0.3, -0.25) is 0 Å². The molecule has 0 aliphatic rings. The van der Waals surface area contributed by atoms with Gasteiger partial charge in [0.05, 0.1) is 20.6 Å². The number of unbranched alkanes of at least 4 members (excludes halogenated alkanes) is 16. The van der Waals surface area contributed by atoms with E-state index in [-0.39, 0.29) is 12.4 Å². The standard InChI is InChI=1S/C31H56N.ClH/c1-4-5-6-7-8-9-10-11-12-13-14-15-16-17-18-19-20-21-22-26-29-32(2,3)30-31-27-24-23-25-28-31;/h11-12,23-25,27-28H,4-10,13-22,26,29-30H2,1-3H3;1H/q+1;/p-1/b12-11-;. The molecule has 0 atom stereocenters. The molecule has 0 amide bonds. The quantitative estimate of drug-likeness (QED) is 0.0970. The third-order valence-corrected chi connectivity index (χ3v) is 6.73. The Labute approximate surface area is 214 Å². The molecular weight excluding hydrogens is 422 g/mol. The van der Waals surface area contributed by atoms with E-state index >= 15 is 0 Å². The zero-order valence-corrected chi connectivity index (χ0v) is 23.3. The maximum absolute atomic E-state index is 2.44. The highest BCUT2D eigenvalue weighted by Gasteiger charge is 2.14. The van der Waals surface area contributed by atoms with Gasteiger partial charge in [-0.05, 0) is 38.5 Å². The zero-order valence-electron chi connectivity index (χ0n) is 22.5. The number of nitrogens with zero attached hydrogens (tertiary/aromatic N) is 1. The van der Waals surface area contributed by atoms with E-state index < -0.39 is 0 Å². The van der Waals surface area contributed by atoms with Gasteiger partial charge in [-0.2, -0.15) is 0 Å². The van der Waals surface area contributed by atoms with Gasteiger partial charge in [0.1, 0.15) is 6.54 Å². The number of quaternary nitrogens is 1. The lowest BCUT2D eigenvalue weighted by atomic mass is 10.0. The molecule has 0 spiro atoms. The van der Waals surface area contributed by atoms with Crippen molar-refractivity contribution in [2.45, 2.75) is 129 Å². The van der Waals surface area contributed by atoms with Crippen molar-refractivity contribution in [2.24, 2.45) is 0 Å². The molecule has 1 aromatic rings. The summed E-state index contributed by atoms with van der Waals surface area (Å²) in [7, 11) is 4.75. The number of benzene rings is 1. The van der Waals surface area contributed by atoms with Gasteiger partial charge in [-0.25, -0.2) is 0 Å². The lowest BCUT2D eigenvalue weighted by molar-refractivity contribution is -0.903. The van der Waals surface area contributed by atoms with Crippen molar-refractivity contribution in [2.75, 3.05) is 20.6 Å². The van der Waals surface area contributed by atoms with Gasteiger partial charge in [-0.15, -0.1) is 0 Å². The average molecular weight is 478 g/mol. The van der Waals surface area contributed by atoms with Crippen molar-refractivity contribution >= 4 is 0 Å². The molecule has 1 aromatic carbocycles. The Morgan fingerprint density at radius 3 is 1.48 bits per heavy atom. The molecule has 0 bridgehead atoms. The second kappa shape index (κ2) is 23.0. The smallest absolute Gasteiger partial charge is 0.104 e. The van der Waals surface area contributed by atoms with Crippen LogP contribution in [0.5, 0.6) is 0 Å². The van der Waals surface area contributed by atoms with E-state index in [0.717, 1.165) is 11.0 Å². The van der Waals surface area contributed by atoms with Crippen LogP contribution in [0, 0.1) is 0 Å². The molecule has 0 aliphatic carbocycles. The van der Waals surface area contributed by atoms with Crippen molar-refractivity contribution in [1.29, 1.82) is 0 Å². The van der Waals surface area contributed by atoms with Gasteiger partial charge >= 0.3 is 0 Å². The van der Waals surface area contributed by atoms with Crippen LogP contribution in [0.2, 0.25) is 0 Å². The molecule has 0 radical (unpaired) electrons. The fraction of sp³-hybridized carbons (Fsp3) is 0.742. The monoisotopic (exact) mass is 477 g/mol. The fourth-order valence-electron chi connectivity index (χ4n) is 4.65. The van der Waals surface area contributed by atoms with Crippen LogP contribution in [0.15, 0.2) is 42.5 Å². The number of hydrogen-bond acceptors (Lipinski definition) is 0. The Morgan fingerprint density at radius 1 is 0.576 bits per heavy atom. The lowest BCUT2D eigenvalue weighted by Gasteiger charge is -2.30. The van der Waals surface area contributed by atoms with Crippen LogP contribution >= 0.6 is 0 Å². The van der Waals surface area contributed by atoms with Crippen LogP contribution in [-0.2, 0) is 6.54 Å². The van der Waals surface area contributed by atoms with Crippen LogP contribution in [0.25, 0.3) is 0 Å². The van der Waals surface area contributed by atoms with E-state index in [1.54, 1.807) is 0 Å². The molecule has 1 nitrogen and oxygen atoms in total. The Morgan fingerprint density at radius 2 is 1.00 bits per heavy atom. The summed E-state index contributed by atoms with van der Waals surface area (Å²) in [5, 5.41) is 0. The normalized spacial score (nSPS) is 11.7. The van der Waals surface area contributed by atoms with Crippen LogP contribution < -0.4 is 12.4 Å². The molecule has 192 valence electrons. The molecule has 2 heteroatoms. The summed E-state index contributed by atoms with van der Waals surface area (Å²) < 4.78 is 1.11. The second-order valence-electron chi connectivity index (χ2n) is 10.7. The maximum atomic E-state index is 2.44. The molecule has 1 rings (SSSR count). The zero-order chi connectivity index (χ0) is 23.2. The minimum atomic E-state index is 0. The molecule has 0 saturated carbocycles. The number of allylic oxidation sites excluding steroid dienone is 2. The van der Waals surface area contributed by atoms with Crippen LogP contribution in [0.3, 0.4) is 0 Å². The topological polar surface area (TPSA) is 0 Å². The third-order valence-electron chi connectivity index (χ3n) is 6.73. The molecule has 33 heavy (non-hydrogen) atoms. The van der Waals surface area contributed by atoms with E-state index in [2.05, 4.69) is 63.5 Å². The van der Waals surface area contributed by atoms with E-state index in [1.807, 2.05) is 0 Å². The van der Waals surface area contributed by atoms with Crippen molar-refractivity contribution in [3.63, 3.8) is 0 Å². The van der Waals surface area contributed by atoms with E-state index in [1.165, 1.54) is 128 Å². The first-order chi connectivity index (χ1) is 15.6. The predicted molar refractivity (Wildman–Crippen MR) is 145 cm³/mol. The maximum Gasteiger partial charge on any atom is 0.104 e. The molecule has 0 N–H and O–H groups in total. The first-order valence-electron chi connectivity index (χ1n) is 14.1. The van der Waals surface area contributed by atoms with E-state index in [0.29, 0.717) is 0 Å². The van der Waals surface area contributed by atoms with Crippen molar-refractivity contribution < 1.29 is 16.9 Å². The van der Waals surface area contributed by atoms with Gasteiger partial charge in [0, 0.05) is 5.56 Å². The molecule has 0 heterocycles. The molecule has 0 aromatic heterocycles. The fourth-order valence-corrected chi connectivity index (χ4v) is 4.65. The number of hydrogen-bond donors (Lipinski definition) is 0. The van der Waals surface area contributed by atoms with E-state index in [9.17, 15) is 0 Å². The Kier molecular flexibility index (Phi) is 22.4. The number of halogens is 1. The minimum Gasteiger partial charge on any atom is -1.00 e. The second-order valence-corrected chi connectivity index (χ2v) is 10.7. The highest BCUT2D eigenvalue weighted by molar-refractivity contribution is 5.13. The highest BCUT2D eigenvalue weighted by Crippen LogP contribution is 2.14. The van der Waals surface area contributed by atoms with Crippen LogP contribution in [0.1, 0.15) is 128 Å². The van der Waals surface area contributed by atoms with Gasteiger partial charge in [-0.1, -0.05) is 126 Å². The summed E-state index contributed by atoms with van der Waals surface area (Å²) in [6, 6.07) is 10.9. The Bertz CT molecular complexity index is 537. The summed E-state index contributed by atoms with van der Waals surface area (Å²) in [5.41, 5.74) is 1.46. The first-order valence-corrected chi connectivity index (χ1v) is 14.1. The lowest BCUT2D eigenvalue weighted by Crippen LogP contribution is -3.00. The minimum absolute atomic E-state index is 0. The first kappa shape index (κ1) is 32.2. The van der Waals surface area contributed by atoms with E-state index in [4.69, 9.17) is 0 Å². The van der Waals surface area contributed by atoms with Crippen molar-refractivity contribution in [1.82, 2.24) is 0 Å². The largest absolute Gasteiger partial charge is 1.00 e. The van der Waals surface area contributed by atoms with Crippen molar-refractivity contribution in [3.05, 3.63) is 48.0 Å². The molecule has 0 unspecified atom stereocenters. The molecule has 0 aliphatic heterocycles. The molecule has 0 saturated heterocycles. The summed E-state index contributed by atoms with van der Waals surface area (Å²) >= 11 is 0. The summed E-state index contributed by atoms with van der Waals surface area (Å²) in [5.74, 6) is 0. The summed E-state index contributed by atoms with van der Waals surface area (Å²) in [6.45, 7) is 4.73. The van der Waals surface area contributed by atoms with Crippen LogP contribution in [-0.4, -0.2) is 25.1 Å². The molecular formula is C31H56ClN. The van der Waals surface area contributed by atoms with Crippen molar-refractivity contribution in [3.8, 4) is 0 Å². The average Bonchev–Trinajstić information content (AvgIpc) is 2.78. The Balaban J connectivity index is 0.0000102. The number of rotatable bonds is 22. The molecule has 0 fully saturated rings. The van der Waals surface area contributed by atoms with Gasteiger partial charge in [0.15, 0.2) is 0 Å². The predicted octanol–water partition coefficient (Wildman–Crippen LogP) is 6.86. The Hall–Kier alpha value is -0.790. The van der Waals surface area contributed by atoms with Gasteiger partial charge in [0.25, 0.3) is 0 Å². The van der Waals surface area contributed by atoms with Gasteiger partial charge in [0.2, 0.25) is 0 Å². The third kappa shape index (κ3) is 21.5.